The summed E-state index contributed by atoms with van der Waals surface area (Å²) in [5.74, 6) is 1.46. The molecule has 1 N–H and O–H groups in total. The molecule has 0 saturated carbocycles. The lowest BCUT2D eigenvalue weighted by atomic mass is 10.1. The number of rotatable bonds is 7. The van der Waals surface area contributed by atoms with Crippen LogP contribution in [0.15, 0.2) is 48.5 Å². The SMILES string of the molecule is CCC(O)c1ccc(OCCOc2ccc(C#N)cc2)cc1. The maximum atomic E-state index is 9.72. The van der Waals surface area contributed by atoms with Crippen LogP contribution < -0.4 is 9.47 Å². The third-order valence-electron chi connectivity index (χ3n) is 3.26. The second-order valence-corrected chi connectivity index (χ2v) is 4.83. The van der Waals surface area contributed by atoms with Gasteiger partial charge in [0.15, 0.2) is 0 Å². The molecule has 2 aromatic carbocycles. The molecule has 0 aliphatic heterocycles. The van der Waals surface area contributed by atoms with Crippen LogP contribution in [0.4, 0.5) is 0 Å². The van der Waals surface area contributed by atoms with E-state index in [-0.39, 0.29) is 0 Å². The van der Waals surface area contributed by atoms with Gasteiger partial charge in [-0.3, -0.25) is 0 Å². The first-order valence-electron chi connectivity index (χ1n) is 7.26. The zero-order valence-corrected chi connectivity index (χ0v) is 12.5. The fourth-order valence-electron chi connectivity index (χ4n) is 1.97. The summed E-state index contributed by atoms with van der Waals surface area (Å²) >= 11 is 0. The molecule has 4 heteroatoms. The van der Waals surface area contributed by atoms with Crippen LogP contribution in [0.5, 0.6) is 11.5 Å². The molecule has 0 radical (unpaired) electrons. The molecule has 114 valence electrons. The summed E-state index contributed by atoms with van der Waals surface area (Å²) < 4.78 is 11.1. The van der Waals surface area contributed by atoms with Gasteiger partial charge in [-0.05, 0) is 48.4 Å². The predicted octanol–water partition coefficient (Wildman–Crippen LogP) is 3.46. The second-order valence-electron chi connectivity index (χ2n) is 4.83. The Morgan fingerprint density at radius 1 is 0.955 bits per heavy atom. The Morgan fingerprint density at radius 2 is 1.45 bits per heavy atom. The molecule has 0 spiro atoms. The van der Waals surface area contributed by atoms with Gasteiger partial charge in [-0.1, -0.05) is 19.1 Å². The number of nitrogens with zero attached hydrogens (tertiary/aromatic N) is 1. The molecule has 1 unspecified atom stereocenters. The van der Waals surface area contributed by atoms with Crippen LogP contribution in [0.1, 0.15) is 30.6 Å². The van der Waals surface area contributed by atoms with Crippen molar-refractivity contribution in [3.8, 4) is 17.6 Å². The van der Waals surface area contributed by atoms with E-state index in [2.05, 4.69) is 6.07 Å². The minimum atomic E-state index is -0.422. The fraction of sp³-hybridized carbons (Fsp3) is 0.278. The van der Waals surface area contributed by atoms with Gasteiger partial charge in [0.25, 0.3) is 0 Å². The highest BCUT2D eigenvalue weighted by atomic mass is 16.5. The molecular formula is C18H19NO3. The van der Waals surface area contributed by atoms with Crippen molar-refractivity contribution in [1.29, 1.82) is 5.26 Å². The Bertz CT molecular complexity index is 614. The number of nitriles is 1. The fourth-order valence-corrected chi connectivity index (χ4v) is 1.97. The first-order valence-corrected chi connectivity index (χ1v) is 7.26. The molecule has 2 aromatic rings. The molecule has 0 aliphatic carbocycles. The monoisotopic (exact) mass is 297 g/mol. The smallest absolute Gasteiger partial charge is 0.122 e. The number of hydrogen-bond donors (Lipinski definition) is 1. The van der Waals surface area contributed by atoms with Crippen LogP contribution >= 0.6 is 0 Å². The van der Waals surface area contributed by atoms with Gasteiger partial charge in [-0.2, -0.15) is 5.26 Å². The van der Waals surface area contributed by atoms with Gasteiger partial charge < -0.3 is 14.6 Å². The molecule has 0 aliphatic rings. The molecule has 22 heavy (non-hydrogen) atoms. The van der Waals surface area contributed by atoms with E-state index >= 15 is 0 Å². The normalized spacial score (nSPS) is 11.5. The second kappa shape index (κ2) is 8.06. The highest BCUT2D eigenvalue weighted by molar-refractivity contribution is 5.34. The van der Waals surface area contributed by atoms with Crippen molar-refractivity contribution in [2.75, 3.05) is 13.2 Å². The van der Waals surface area contributed by atoms with Crippen LogP contribution in [-0.2, 0) is 0 Å². The van der Waals surface area contributed by atoms with Crippen LogP contribution in [-0.4, -0.2) is 18.3 Å². The largest absolute Gasteiger partial charge is 0.490 e. The molecule has 4 nitrogen and oxygen atoms in total. The third kappa shape index (κ3) is 4.51. The Labute approximate surface area is 130 Å². The van der Waals surface area contributed by atoms with Gasteiger partial charge in [-0.25, -0.2) is 0 Å². The molecule has 0 bridgehead atoms. The van der Waals surface area contributed by atoms with Crippen molar-refractivity contribution in [1.82, 2.24) is 0 Å². The van der Waals surface area contributed by atoms with E-state index < -0.39 is 6.10 Å². The Balaban J connectivity index is 1.75. The van der Waals surface area contributed by atoms with Crippen molar-refractivity contribution in [2.45, 2.75) is 19.4 Å². The molecule has 0 saturated heterocycles. The molecule has 1 atom stereocenters. The van der Waals surface area contributed by atoms with Crippen molar-refractivity contribution in [3.63, 3.8) is 0 Å². The Morgan fingerprint density at radius 3 is 1.91 bits per heavy atom. The standard InChI is InChI=1S/C18H19NO3/c1-2-18(20)15-5-9-17(10-6-15)22-12-11-21-16-7-3-14(13-19)4-8-16/h3-10,18,20H,2,11-12H2,1H3. The number of aliphatic hydroxyl groups is 1. The molecule has 2 rings (SSSR count). The van der Waals surface area contributed by atoms with Crippen LogP contribution in [0.2, 0.25) is 0 Å². The van der Waals surface area contributed by atoms with Crippen LogP contribution in [0.25, 0.3) is 0 Å². The number of aliphatic hydroxyl groups excluding tert-OH is 1. The Kier molecular flexibility index (Phi) is 5.81. The maximum Gasteiger partial charge on any atom is 0.122 e. The van der Waals surface area contributed by atoms with E-state index in [1.807, 2.05) is 31.2 Å². The summed E-state index contributed by atoms with van der Waals surface area (Å²) in [7, 11) is 0. The van der Waals surface area contributed by atoms with E-state index in [4.69, 9.17) is 14.7 Å². The van der Waals surface area contributed by atoms with Gasteiger partial charge >= 0.3 is 0 Å². The minimum absolute atomic E-state index is 0.422. The molecular weight excluding hydrogens is 278 g/mol. The summed E-state index contributed by atoms with van der Waals surface area (Å²) in [5.41, 5.74) is 1.50. The molecule has 0 fully saturated rings. The van der Waals surface area contributed by atoms with Crippen molar-refractivity contribution in [2.24, 2.45) is 0 Å². The molecule has 0 amide bonds. The Hall–Kier alpha value is -2.51. The van der Waals surface area contributed by atoms with Crippen LogP contribution in [0.3, 0.4) is 0 Å². The van der Waals surface area contributed by atoms with Crippen molar-refractivity contribution < 1.29 is 14.6 Å². The topological polar surface area (TPSA) is 62.5 Å². The lowest BCUT2D eigenvalue weighted by Gasteiger charge is -2.11. The zero-order valence-electron chi connectivity index (χ0n) is 12.5. The highest BCUT2D eigenvalue weighted by Gasteiger charge is 2.04. The minimum Gasteiger partial charge on any atom is -0.490 e. The van der Waals surface area contributed by atoms with Crippen molar-refractivity contribution >= 4 is 0 Å². The van der Waals surface area contributed by atoms with Gasteiger partial charge in [-0.15, -0.1) is 0 Å². The summed E-state index contributed by atoms with van der Waals surface area (Å²) in [4.78, 5) is 0. The molecule has 0 heterocycles. The van der Waals surface area contributed by atoms with E-state index in [1.165, 1.54) is 0 Å². The van der Waals surface area contributed by atoms with Gasteiger partial charge in [0.2, 0.25) is 0 Å². The van der Waals surface area contributed by atoms with Crippen LogP contribution in [0, 0.1) is 11.3 Å². The predicted molar refractivity (Wildman–Crippen MR) is 83.8 cm³/mol. The average Bonchev–Trinajstić information content (AvgIpc) is 2.59. The van der Waals surface area contributed by atoms with Gasteiger partial charge in [0, 0.05) is 0 Å². The number of benzene rings is 2. The summed E-state index contributed by atoms with van der Waals surface area (Å²) in [6.07, 6.45) is 0.271. The number of ether oxygens (including phenoxy) is 2. The van der Waals surface area contributed by atoms with Gasteiger partial charge in [0.1, 0.15) is 24.7 Å². The highest BCUT2D eigenvalue weighted by Crippen LogP contribution is 2.19. The average molecular weight is 297 g/mol. The van der Waals surface area contributed by atoms with Crippen molar-refractivity contribution in [3.05, 3.63) is 59.7 Å². The van der Waals surface area contributed by atoms with E-state index in [1.54, 1.807) is 24.3 Å². The molecule has 0 aromatic heterocycles. The quantitative estimate of drug-likeness (QED) is 0.795. The lowest BCUT2D eigenvalue weighted by Crippen LogP contribution is -2.09. The van der Waals surface area contributed by atoms with E-state index in [9.17, 15) is 5.11 Å². The summed E-state index contributed by atoms with van der Waals surface area (Å²) in [6.45, 7) is 2.79. The first kappa shape index (κ1) is 15.9. The summed E-state index contributed by atoms with van der Waals surface area (Å²) in [5, 5.41) is 18.4. The van der Waals surface area contributed by atoms with Gasteiger partial charge in [0.05, 0.1) is 17.7 Å². The number of hydrogen-bond acceptors (Lipinski definition) is 4. The third-order valence-corrected chi connectivity index (χ3v) is 3.26. The first-order chi connectivity index (χ1) is 10.7. The van der Waals surface area contributed by atoms with E-state index in [0.717, 1.165) is 11.3 Å². The lowest BCUT2D eigenvalue weighted by molar-refractivity contribution is 0.173. The van der Waals surface area contributed by atoms with E-state index in [0.29, 0.717) is 30.9 Å². The summed E-state index contributed by atoms with van der Waals surface area (Å²) in [6, 6.07) is 16.4. The zero-order chi connectivity index (χ0) is 15.8. The maximum absolute atomic E-state index is 9.72.